The highest BCUT2D eigenvalue weighted by atomic mass is 16.5. The number of Topliss-reactive ketones (excluding diaryl/α,β-unsaturated/α-hetero) is 2. The van der Waals surface area contributed by atoms with Gasteiger partial charge in [0.2, 0.25) is 5.91 Å². The van der Waals surface area contributed by atoms with Crippen LogP contribution >= 0.6 is 0 Å². The number of aromatic nitrogens is 2. The van der Waals surface area contributed by atoms with Gasteiger partial charge >= 0.3 is 0 Å². The van der Waals surface area contributed by atoms with Crippen LogP contribution in [-0.2, 0) is 22.6 Å². The number of benzene rings is 1. The zero-order valence-electron chi connectivity index (χ0n) is 23.3. The summed E-state index contributed by atoms with van der Waals surface area (Å²) < 4.78 is 7.77. The van der Waals surface area contributed by atoms with E-state index in [-0.39, 0.29) is 47.6 Å². The second-order valence-electron chi connectivity index (χ2n) is 11.8. The van der Waals surface area contributed by atoms with Crippen LogP contribution in [0.25, 0.3) is 10.9 Å². The molecule has 3 aliphatic rings. The van der Waals surface area contributed by atoms with Crippen LogP contribution in [0.15, 0.2) is 12.1 Å². The van der Waals surface area contributed by atoms with Gasteiger partial charge in [-0.3, -0.25) is 19.1 Å². The third kappa shape index (κ3) is 5.12. The van der Waals surface area contributed by atoms with Gasteiger partial charge in [0.05, 0.1) is 17.7 Å². The molecule has 1 saturated heterocycles. The maximum Gasteiger partial charge on any atom is 0.245 e. The summed E-state index contributed by atoms with van der Waals surface area (Å²) in [7, 11) is 0. The quantitative estimate of drug-likeness (QED) is 0.583. The van der Waals surface area contributed by atoms with E-state index in [4.69, 9.17) is 4.74 Å². The summed E-state index contributed by atoms with van der Waals surface area (Å²) in [6.07, 6.45) is 8.58. The summed E-state index contributed by atoms with van der Waals surface area (Å²) in [5.41, 5.74) is 2.26. The third-order valence-corrected chi connectivity index (χ3v) is 8.59. The number of nitrogens with one attached hydrogen (secondary N) is 1. The lowest BCUT2D eigenvalue weighted by Crippen LogP contribution is -2.44. The standard InChI is InChI=1S/C30H42N4O4/c1-5-25(36)24-15-30-16-26(30)34(24)27(37)17-33-29-21(11-9-7-6-8-10-12-31-18-30)13-22(38-19(2)3)14-23(29)28(32-33)20(4)35/h13-14,19,24,26,31H,5-12,15-18H2,1-4H3/t24-,26+,30-/m0/s1. The fraction of sp³-hybridized carbons (Fsp3) is 0.667. The molecular formula is C30H42N4O4. The first kappa shape index (κ1) is 26.9. The largest absolute Gasteiger partial charge is 0.491 e. The molecule has 1 aliphatic carbocycles. The van der Waals surface area contributed by atoms with E-state index in [1.165, 1.54) is 19.8 Å². The molecule has 1 aromatic carbocycles. The Hall–Kier alpha value is -2.74. The van der Waals surface area contributed by atoms with Gasteiger partial charge in [0.15, 0.2) is 11.6 Å². The summed E-state index contributed by atoms with van der Waals surface area (Å²) >= 11 is 0. The molecule has 1 N–H and O–H groups in total. The van der Waals surface area contributed by atoms with Gasteiger partial charge in [-0.15, -0.1) is 0 Å². The summed E-state index contributed by atoms with van der Waals surface area (Å²) in [6, 6.07) is 3.67. The minimum atomic E-state index is -0.369. The van der Waals surface area contributed by atoms with Crippen molar-refractivity contribution < 1.29 is 19.1 Å². The van der Waals surface area contributed by atoms with Crippen LogP contribution in [0.2, 0.25) is 0 Å². The van der Waals surface area contributed by atoms with E-state index in [9.17, 15) is 14.4 Å². The average molecular weight is 523 g/mol. The topological polar surface area (TPSA) is 93.5 Å². The maximum absolute atomic E-state index is 13.9. The molecule has 206 valence electrons. The van der Waals surface area contributed by atoms with Crippen molar-refractivity contribution in [3.05, 3.63) is 23.4 Å². The number of ketones is 2. The van der Waals surface area contributed by atoms with E-state index in [1.54, 1.807) is 4.68 Å². The molecule has 2 aromatic rings. The maximum atomic E-state index is 13.9. The Morgan fingerprint density at radius 1 is 1.16 bits per heavy atom. The van der Waals surface area contributed by atoms with Gasteiger partial charge in [-0.1, -0.05) is 26.2 Å². The predicted molar refractivity (Wildman–Crippen MR) is 147 cm³/mol. The van der Waals surface area contributed by atoms with E-state index in [0.29, 0.717) is 12.1 Å². The number of amides is 1. The molecule has 0 spiro atoms. The SMILES string of the molecule is CCC(=O)[C@@H]1C[C@]23CNCCCCCCCc4cc(OC(C)C)cc5c(C(C)=O)nn(c45)CC(=O)N1[C@@H]2C3. The lowest BCUT2D eigenvalue weighted by Gasteiger charge is -2.26. The van der Waals surface area contributed by atoms with Crippen molar-refractivity contribution in [2.24, 2.45) is 5.41 Å². The van der Waals surface area contributed by atoms with Crippen LogP contribution in [0.3, 0.4) is 0 Å². The molecule has 0 unspecified atom stereocenters. The molecule has 1 saturated carbocycles. The lowest BCUT2D eigenvalue weighted by atomic mass is 9.96. The van der Waals surface area contributed by atoms with Gasteiger partial charge in [-0.2, -0.15) is 5.10 Å². The Labute approximate surface area is 225 Å². The normalized spacial score (nSPS) is 26.3. The minimum Gasteiger partial charge on any atom is -0.491 e. The number of rotatable bonds is 5. The molecular weight excluding hydrogens is 480 g/mol. The van der Waals surface area contributed by atoms with E-state index < -0.39 is 0 Å². The molecule has 2 bridgehead atoms. The Morgan fingerprint density at radius 2 is 1.92 bits per heavy atom. The van der Waals surface area contributed by atoms with Gasteiger partial charge in [0, 0.05) is 36.7 Å². The Morgan fingerprint density at radius 3 is 2.66 bits per heavy atom. The van der Waals surface area contributed by atoms with Gasteiger partial charge in [-0.25, -0.2) is 0 Å². The van der Waals surface area contributed by atoms with Gasteiger partial charge in [0.1, 0.15) is 18.0 Å². The number of hydrogen-bond acceptors (Lipinski definition) is 6. The number of carbonyl (C=O) groups is 3. The predicted octanol–water partition coefficient (Wildman–Crippen LogP) is 4.46. The van der Waals surface area contributed by atoms with Gasteiger partial charge in [0.25, 0.3) is 0 Å². The molecule has 2 fully saturated rings. The van der Waals surface area contributed by atoms with Crippen molar-refractivity contribution in [1.82, 2.24) is 20.0 Å². The number of nitrogens with zero attached hydrogens (tertiary/aromatic N) is 3. The van der Waals surface area contributed by atoms with E-state index in [0.717, 1.165) is 73.8 Å². The van der Waals surface area contributed by atoms with Crippen LogP contribution in [0.5, 0.6) is 5.75 Å². The zero-order valence-corrected chi connectivity index (χ0v) is 23.3. The monoisotopic (exact) mass is 522 g/mol. The third-order valence-electron chi connectivity index (χ3n) is 8.59. The summed E-state index contributed by atoms with van der Waals surface area (Å²) in [6.45, 7) is 9.23. The number of hydrogen-bond donors (Lipinski definition) is 1. The minimum absolute atomic E-state index is 0.00259. The number of carbonyl (C=O) groups excluding carboxylic acids is 3. The Balaban J connectivity index is 1.56. The number of ether oxygens (including phenoxy) is 1. The first-order chi connectivity index (χ1) is 18.2. The highest BCUT2D eigenvalue weighted by Gasteiger charge is 2.66. The summed E-state index contributed by atoms with van der Waals surface area (Å²) in [4.78, 5) is 41.4. The summed E-state index contributed by atoms with van der Waals surface area (Å²) in [5, 5.41) is 9.06. The highest BCUT2D eigenvalue weighted by Crippen LogP contribution is 2.59. The molecule has 3 heterocycles. The van der Waals surface area contributed by atoms with Crippen LogP contribution < -0.4 is 10.1 Å². The zero-order chi connectivity index (χ0) is 27.0. The summed E-state index contributed by atoms with van der Waals surface area (Å²) in [5.74, 6) is 0.635. The van der Waals surface area contributed by atoms with Crippen molar-refractivity contribution in [2.45, 2.75) is 110 Å². The van der Waals surface area contributed by atoms with Crippen molar-refractivity contribution in [1.29, 1.82) is 0 Å². The first-order valence-electron chi connectivity index (χ1n) is 14.5. The second-order valence-corrected chi connectivity index (χ2v) is 11.8. The number of piperidine rings is 1. The Bertz CT molecular complexity index is 1230. The van der Waals surface area contributed by atoms with Crippen LogP contribution in [0.1, 0.15) is 95.1 Å². The van der Waals surface area contributed by atoms with Crippen molar-refractivity contribution in [3.8, 4) is 5.75 Å². The first-order valence-corrected chi connectivity index (χ1v) is 14.5. The Kier molecular flexibility index (Phi) is 7.63. The molecule has 1 aromatic heterocycles. The molecule has 0 radical (unpaired) electrons. The fourth-order valence-corrected chi connectivity index (χ4v) is 6.68. The molecule has 3 atom stereocenters. The van der Waals surface area contributed by atoms with Crippen LogP contribution in [0, 0.1) is 5.41 Å². The molecule has 38 heavy (non-hydrogen) atoms. The second kappa shape index (κ2) is 10.8. The van der Waals surface area contributed by atoms with Gasteiger partial charge in [-0.05, 0) is 70.2 Å². The molecule has 8 nitrogen and oxygen atoms in total. The average Bonchev–Trinajstić information content (AvgIpc) is 3.27. The van der Waals surface area contributed by atoms with Crippen molar-refractivity contribution in [3.63, 3.8) is 0 Å². The highest BCUT2D eigenvalue weighted by molar-refractivity contribution is 6.06. The lowest BCUT2D eigenvalue weighted by molar-refractivity contribution is -0.139. The molecule has 2 aliphatic heterocycles. The smallest absolute Gasteiger partial charge is 0.245 e. The van der Waals surface area contributed by atoms with Crippen LogP contribution in [0.4, 0.5) is 0 Å². The molecule has 1 amide bonds. The molecule has 5 rings (SSSR count). The fourth-order valence-electron chi connectivity index (χ4n) is 6.68. The van der Waals surface area contributed by atoms with E-state index >= 15 is 0 Å². The van der Waals surface area contributed by atoms with E-state index in [1.807, 2.05) is 31.7 Å². The van der Waals surface area contributed by atoms with Crippen molar-refractivity contribution in [2.75, 3.05) is 13.1 Å². The molecule has 8 heteroatoms. The van der Waals surface area contributed by atoms with Crippen LogP contribution in [-0.4, -0.2) is 63.4 Å². The van der Waals surface area contributed by atoms with Crippen molar-refractivity contribution >= 4 is 28.4 Å². The number of aryl methyl sites for hydroxylation is 1. The van der Waals surface area contributed by atoms with Gasteiger partial charge < -0.3 is 15.0 Å². The van der Waals surface area contributed by atoms with E-state index in [2.05, 4.69) is 16.5 Å².